The van der Waals surface area contributed by atoms with Crippen LogP contribution in [0.25, 0.3) is 0 Å². The van der Waals surface area contributed by atoms with Gasteiger partial charge in [-0.2, -0.15) is 15.4 Å². The SMILES string of the molecule is CCc1ccc(CC(N)c2cn[nH]n2)s1. The first-order valence-corrected chi connectivity index (χ1v) is 5.80. The van der Waals surface area contributed by atoms with Gasteiger partial charge in [0.05, 0.1) is 17.9 Å². The van der Waals surface area contributed by atoms with Crippen molar-refractivity contribution in [2.75, 3.05) is 0 Å². The zero-order chi connectivity index (χ0) is 10.7. The summed E-state index contributed by atoms with van der Waals surface area (Å²) in [6.07, 6.45) is 3.60. The van der Waals surface area contributed by atoms with E-state index in [2.05, 4.69) is 34.5 Å². The zero-order valence-electron chi connectivity index (χ0n) is 8.60. The number of hydrogen-bond donors (Lipinski definition) is 2. The van der Waals surface area contributed by atoms with E-state index in [0.717, 1.165) is 18.5 Å². The Morgan fingerprint density at radius 3 is 2.87 bits per heavy atom. The van der Waals surface area contributed by atoms with Crippen LogP contribution in [-0.4, -0.2) is 15.4 Å². The average Bonchev–Trinajstić information content (AvgIpc) is 2.87. The summed E-state index contributed by atoms with van der Waals surface area (Å²) in [6.45, 7) is 2.16. The Labute approximate surface area is 92.5 Å². The number of nitrogens with two attached hydrogens (primary N) is 1. The topological polar surface area (TPSA) is 67.6 Å². The molecule has 0 bridgehead atoms. The molecule has 80 valence electrons. The summed E-state index contributed by atoms with van der Waals surface area (Å²) >= 11 is 1.82. The number of nitrogens with zero attached hydrogens (tertiary/aromatic N) is 2. The first kappa shape index (κ1) is 10.3. The molecule has 0 fully saturated rings. The van der Waals surface area contributed by atoms with E-state index in [1.807, 2.05) is 11.3 Å². The van der Waals surface area contributed by atoms with Gasteiger partial charge in [0, 0.05) is 16.2 Å². The minimum absolute atomic E-state index is 0.0629. The van der Waals surface area contributed by atoms with Gasteiger partial charge in [0.1, 0.15) is 0 Å². The van der Waals surface area contributed by atoms with E-state index >= 15 is 0 Å². The molecule has 1 atom stereocenters. The molecule has 4 nitrogen and oxygen atoms in total. The standard InChI is InChI=1S/C10H14N4S/c1-2-7-3-4-8(15-7)5-9(11)10-6-12-14-13-10/h3-4,6,9H,2,5,11H2,1H3,(H,12,13,14). The Morgan fingerprint density at radius 1 is 1.47 bits per heavy atom. The Kier molecular flexibility index (Phi) is 3.13. The molecule has 5 heteroatoms. The van der Waals surface area contributed by atoms with Gasteiger partial charge in [-0.15, -0.1) is 11.3 Å². The molecule has 15 heavy (non-hydrogen) atoms. The molecule has 0 spiro atoms. The third-order valence-electron chi connectivity index (χ3n) is 2.30. The highest BCUT2D eigenvalue weighted by atomic mass is 32.1. The largest absolute Gasteiger partial charge is 0.322 e. The van der Waals surface area contributed by atoms with E-state index in [9.17, 15) is 0 Å². The van der Waals surface area contributed by atoms with Gasteiger partial charge in [-0.25, -0.2) is 0 Å². The van der Waals surface area contributed by atoms with E-state index in [-0.39, 0.29) is 6.04 Å². The third-order valence-corrected chi connectivity index (χ3v) is 3.55. The Morgan fingerprint density at radius 2 is 2.27 bits per heavy atom. The van der Waals surface area contributed by atoms with Gasteiger partial charge >= 0.3 is 0 Å². The van der Waals surface area contributed by atoms with Gasteiger partial charge in [-0.05, 0) is 18.6 Å². The molecule has 0 saturated heterocycles. The highest BCUT2D eigenvalue weighted by Gasteiger charge is 2.10. The Bertz CT molecular complexity index is 407. The molecule has 0 radical (unpaired) electrons. The van der Waals surface area contributed by atoms with Crippen LogP contribution in [0.1, 0.15) is 28.4 Å². The summed E-state index contributed by atoms with van der Waals surface area (Å²) in [7, 11) is 0. The van der Waals surface area contributed by atoms with E-state index in [4.69, 9.17) is 5.73 Å². The normalized spacial score (nSPS) is 12.9. The van der Waals surface area contributed by atoms with Crippen molar-refractivity contribution in [3.8, 4) is 0 Å². The minimum atomic E-state index is -0.0629. The maximum absolute atomic E-state index is 6.01. The molecule has 2 rings (SSSR count). The lowest BCUT2D eigenvalue weighted by Gasteiger charge is -2.05. The first-order valence-electron chi connectivity index (χ1n) is 4.98. The van der Waals surface area contributed by atoms with Crippen LogP contribution in [0.2, 0.25) is 0 Å². The molecule has 0 saturated carbocycles. The smallest absolute Gasteiger partial charge is 0.0995 e. The maximum Gasteiger partial charge on any atom is 0.0995 e. The van der Waals surface area contributed by atoms with Gasteiger partial charge < -0.3 is 5.73 Å². The van der Waals surface area contributed by atoms with E-state index < -0.39 is 0 Å². The van der Waals surface area contributed by atoms with Crippen molar-refractivity contribution in [3.05, 3.63) is 33.8 Å². The number of rotatable bonds is 4. The fourth-order valence-corrected chi connectivity index (χ4v) is 2.45. The van der Waals surface area contributed by atoms with Crippen LogP contribution in [0, 0.1) is 0 Å². The quantitative estimate of drug-likeness (QED) is 0.827. The summed E-state index contributed by atoms with van der Waals surface area (Å²) in [5.41, 5.74) is 6.83. The summed E-state index contributed by atoms with van der Waals surface area (Å²) in [4.78, 5) is 2.71. The lowest BCUT2D eigenvalue weighted by Crippen LogP contribution is -2.13. The summed E-state index contributed by atoms with van der Waals surface area (Å²) in [5, 5.41) is 10.3. The van der Waals surface area contributed by atoms with Gasteiger partial charge in [0.2, 0.25) is 0 Å². The Balaban J connectivity index is 2.02. The monoisotopic (exact) mass is 222 g/mol. The second kappa shape index (κ2) is 4.55. The number of nitrogens with one attached hydrogen (secondary N) is 1. The molecule has 2 aromatic rings. The van der Waals surface area contributed by atoms with Crippen LogP contribution in [-0.2, 0) is 12.8 Å². The van der Waals surface area contributed by atoms with Gasteiger partial charge in [-0.3, -0.25) is 0 Å². The van der Waals surface area contributed by atoms with Crippen molar-refractivity contribution in [1.82, 2.24) is 15.4 Å². The molecule has 1 unspecified atom stereocenters. The summed E-state index contributed by atoms with van der Waals surface area (Å²) < 4.78 is 0. The van der Waals surface area contributed by atoms with Gasteiger partial charge in [0.25, 0.3) is 0 Å². The number of thiophene rings is 1. The highest BCUT2D eigenvalue weighted by Crippen LogP contribution is 2.21. The molecule has 2 heterocycles. The van der Waals surface area contributed by atoms with Crippen molar-refractivity contribution in [2.24, 2.45) is 5.73 Å². The van der Waals surface area contributed by atoms with Gasteiger partial charge in [0.15, 0.2) is 0 Å². The molecular formula is C10H14N4S. The maximum atomic E-state index is 6.01. The molecule has 0 aromatic carbocycles. The zero-order valence-corrected chi connectivity index (χ0v) is 9.42. The predicted octanol–water partition coefficient (Wildman–Crippen LogP) is 1.67. The van der Waals surface area contributed by atoms with E-state index in [0.29, 0.717) is 0 Å². The second-order valence-electron chi connectivity index (χ2n) is 3.43. The average molecular weight is 222 g/mol. The van der Waals surface area contributed by atoms with Crippen LogP contribution in [0.15, 0.2) is 18.3 Å². The number of aromatic nitrogens is 3. The van der Waals surface area contributed by atoms with E-state index in [1.54, 1.807) is 6.20 Å². The van der Waals surface area contributed by atoms with Crippen LogP contribution >= 0.6 is 11.3 Å². The van der Waals surface area contributed by atoms with E-state index in [1.165, 1.54) is 9.75 Å². The third kappa shape index (κ3) is 2.43. The fraction of sp³-hybridized carbons (Fsp3) is 0.400. The lowest BCUT2D eigenvalue weighted by atomic mass is 10.1. The number of hydrogen-bond acceptors (Lipinski definition) is 4. The lowest BCUT2D eigenvalue weighted by molar-refractivity contribution is 0.698. The van der Waals surface area contributed by atoms with Crippen molar-refractivity contribution < 1.29 is 0 Å². The molecule has 3 N–H and O–H groups in total. The molecule has 2 aromatic heterocycles. The second-order valence-corrected chi connectivity index (χ2v) is 4.68. The highest BCUT2D eigenvalue weighted by molar-refractivity contribution is 7.11. The predicted molar refractivity (Wildman–Crippen MR) is 60.7 cm³/mol. The minimum Gasteiger partial charge on any atom is -0.322 e. The van der Waals surface area contributed by atoms with Crippen LogP contribution in [0.3, 0.4) is 0 Å². The first-order chi connectivity index (χ1) is 7.29. The van der Waals surface area contributed by atoms with Crippen LogP contribution < -0.4 is 5.73 Å². The van der Waals surface area contributed by atoms with Crippen molar-refractivity contribution in [2.45, 2.75) is 25.8 Å². The van der Waals surface area contributed by atoms with Crippen LogP contribution in [0.4, 0.5) is 0 Å². The number of H-pyrrole nitrogens is 1. The molecule has 0 aliphatic rings. The van der Waals surface area contributed by atoms with Gasteiger partial charge in [-0.1, -0.05) is 6.92 Å². The Hall–Kier alpha value is -1.20. The van der Waals surface area contributed by atoms with Crippen molar-refractivity contribution in [1.29, 1.82) is 0 Å². The summed E-state index contributed by atoms with van der Waals surface area (Å²) in [6, 6.07) is 4.24. The molecule has 0 aliphatic carbocycles. The van der Waals surface area contributed by atoms with Crippen molar-refractivity contribution in [3.63, 3.8) is 0 Å². The van der Waals surface area contributed by atoms with Crippen LogP contribution in [0.5, 0.6) is 0 Å². The number of aromatic amines is 1. The molecule has 0 amide bonds. The number of aryl methyl sites for hydroxylation is 1. The summed E-state index contributed by atoms with van der Waals surface area (Å²) in [5.74, 6) is 0. The molecule has 0 aliphatic heterocycles. The molecular weight excluding hydrogens is 208 g/mol. The van der Waals surface area contributed by atoms with Crippen molar-refractivity contribution >= 4 is 11.3 Å². The fourth-order valence-electron chi connectivity index (χ4n) is 1.43.